The number of carbonyl (C=O) groups is 1. The highest BCUT2D eigenvalue weighted by atomic mass is 35.5. The van der Waals surface area contributed by atoms with Gasteiger partial charge in [-0.15, -0.1) is 12.4 Å². The molecule has 0 spiro atoms. The predicted octanol–water partition coefficient (Wildman–Crippen LogP) is 2.54. The van der Waals surface area contributed by atoms with E-state index < -0.39 is 5.97 Å². The number of rotatable bonds is 4. The summed E-state index contributed by atoms with van der Waals surface area (Å²) in [5, 5.41) is 9.62. The number of esters is 1. The van der Waals surface area contributed by atoms with Gasteiger partial charge in [0.25, 0.3) is 0 Å². The van der Waals surface area contributed by atoms with E-state index in [1.54, 1.807) is 18.2 Å². The quantitative estimate of drug-likeness (QED) is 0.644. The van der Waals surface area contributed by atoms with Crippen molar-refractivity contribution in [3.8, 4) is 11.5 Å². The molecule has 96 valence electrons. The molecular formula is C12H18ClNO3. The summed E-state index contributed by atoms with van der Waals surface area (Å²) in [5.74, 6) is -0.347. The van der Waals surface area contributed by atoms with E-state index in [2.05, 4.69) is 0 Å². The number of phenolic OH excluding ortho intramolecular Hbond substituents is 1. The van der Waals surface area contributed by atoms with Gasteiger partial charge in [-0.05, 0) is 24.1 Å². The van der Waals surface area contributed by atoms with Gasteiger partial charge in [-0.25, -0.2) is 0 Å². The lowest BCUT2D eigenvalue weighted by Crippen LogP contribution is -2.09. The SMILES string of the molecule is CCC[C@H](N)c1ccc(OC(C)=O)c(O)c1.Cl. The Labute approximate surface area is 107 Å². The Hall–Kier alpha value is -1.26. The molecule has 1 aromatic carbocycles. The van der Waals surface area contributed by atoms with Crippen LogP contribution in [-0.2, 0) is 4.79 Å². The van der Waals surface area contributed by atoms with Gasteiger partial charge in [-0.1, -0.05) is 19.4 Å². The van der Waals surface area contributed by atoms with Gasteiger partial charge >= 0.3 is 5.97 Å². The zero-order valence-corrected chi connectivity index (χ0v) is 10.8. The van der Waals surface area contributed by atoms with Gasteiger partial charge in [-0.3, -0.25) is 4.79 Å². The molecule has 0 amide bonds. The number of hydrogen-bond acceptors (Lipinski definition) is 4. The molecular weight excluding hydrogens is 242 g/mol. The lowest BCUT2D eigenvalue weighted by Gasteiger charge is -2.12. The molecule has 1 atom stereocenters. The smallest absolute Gasteiger partial charge is 0.308 e. The summed E-state index contributed by atoms with van der Waals surface area (Å²) in [6.07, 6.45) is 1.83. The maximum Gasteiger partial charge on any atom is 0.308 e. The minimum Gasteiger partial charge on any atom is -0.504 e. The average Bonchev–Trinajstić information content (AvgIpc) is 2.20. The van der Waals surface area contributed by atoms with Crippen LogP contribution in [0.1, 0.15) is 38.3 Å². The Morgan fingerprint density at radius 2 is 2.18 bits per heavy atom. The molecule has 0 aromatic heterocycles. The van der Waals surface area contributed by atoms with Crippen molar-refractivity contribution in [2.24, 2.45) is 5.73 Å². The van der Waals surface area contributed by atoms with E-state index in [1.807, 2.05) is 6.92 Å². The minimum absolute atomic E-state index is 0. The first-order valence-electron chi connectivity index (χ1n) is 5.31. The van der Waals surface area contributed by atoms with Crippen molar-refractivity contribution in [2.75, 3.05) is 0 Å². The van der Waals surface area contributed by atoms with Gasteiger partial charge in [0.1, 0.15) is 0 Å². The molecule has 1 rings (SSSR count). The van der Waals surface area contributed by atoms with E-state index in [0.29, 0.717) is 0 Å². The van der Waals surface area contributed by atoms with Crippen LogP contribution in [0, 0.1) is 0 Å². The summed E-state index contributed by atoms with van der Waals surface area (Å²) in [5.41, 5.74) is 6.75. The Bertz CT molecular complexity index is 382. The first-order valence-corrected chi connectivity index (χ1v) is 5.31. The first kappa shape index (κ1) is 15.7. The van der Waals surface area contributed by atoms with Crippen LogP contribution >= 0.6 is 12.4 Å². The van der Waals surface area contributed by atoms with Gasteiger partial charge in [0, 0.05) is 13.0 Å². The summed E-state index contributed by atoms with van der Waals surface area (Å²) in [6.45, 7) is 3.34. The second kappa shape index (κ2) is 7.14. The molecule has 4 nitrogen and oxygen atoms in total. The van der Waals surface area contributed by atoms with Crippen molar-refractivity contribution >= 4 is 18.4 Å². The fourth-order valence-electron chi connectivity index (χ4n) is 1.48. The molecule has 1 aromatic rings. The maximum atomic E-state index is 10.7. The van der Waals surface area contributed by atoms with Gasteiger partial charge in [-0.2, -0.15) is 0 Å². The fourth-order valence-corrected chi connectivity index (χ4v) is 1.48. The second-order valence-corrected chi connectivity index (χ2v) is 3.72. The largest absolute Gasteiger partial charge is 0.504 e. The number of hydrogen-bond donors (Lipinski definition) is 2. The van der Waals surface area contributed by atoms with Crippen LogP contribution in [0.2, 0.25) is 0 Å². The third-order valence-corrected chi connectivity index (χ3v) is 2.26. The second-order valence-electron chi connectivity index (χ2n) is 3.72. The van der Waals surface area contributed by atoms with E-state index in [4.69, 9.17) is 10.5 Å². The van der Waals surface area contributed by atoms with E-state index in [-0.39, 0.29) is 29.9 Å². The highest BCUT2D eigenvalue weighted by molar-refractivity contribution is 5.85. The average molecular weight is 260 g/mol. The minimum atomic E-state index is -0.457. The standard InChI is InChI=1S/C12H17NO3.ClH/c1-3-4-10(13)9-5-6-12(11(15)7-9)16-8(2)14;/h5-7,10,15H,3-4,13H2,1-2H3;1H/t10-;/m0./s1. The molecule has 5 heteroatoms. The third kappa shape index (κ3) is 4.63. The van der Waals surface area contributed by atoms with Crippen molar-refractivity contribution < 1.29 is 14.6 Å². The van der Waals surface area contributed by atoms with E-state index in [0.717, 1.165) is 18.4 Å². The number of ether oxygens (including phenoxy) is 1. The third-order valence-electron chi connectivity index (χ3n) is 2.26. The van der Waals surface area contributed by atoms with Crippen LogP contribution in [0.5, 0.6) is 11.5 Å². The fraction of sp³-hybridized carbons (Fsp3) is 0.417. The van der Waals surface area contributed by atoms with Crippen molar-refractivity contribution in [1.29, 1.82) is 0 Å². The number of aromatic hydroxyl groups is 1. The summed E-state index contributed by atoms with van der Waals surface area (Å²) in [4.78, 5) is 10.7. The number of nitrogens with two attached hydrogens (primary N) is 1. The van der Waals surface area contributed by atoms with Crippen LogP contribution in [0.4, 0.5) is 0 Å². The van der Waals surface area contributed by atoms with Crippen LogP contribution < -0.4 is 10.5 Å². The maximum absolute atomic E-state index is 10.7. The monoisotopic (exact) mass is 259 g/mol. The normalized spacial score (nSPS) is 11.5. The molecule has 0 unspecified atom stereocenters. The molecule has 0 fully saturated rings. The zero-order valence-electron chi connectivity index (χ0n) is 9.97. The van der Waals surface area contributed by atoms with E-state index in [9.17, 15) is 9.90 Å². The van der Waals surface area contributed by atoms with Gasteiger partial charge in [0.2, 0.25) is 0 Å². The van der Waals surface area contributed by atoms with Crippen molar-refractivity contribution in [3.05, 3.63) is 23.8 Å². The number of carbonyl (C=O) groups excluding carboxylic acids is 1. The summed E-state index contributed by atoms with van der Waals surface area (Å²) >= 11 is 0. The zero-order chi connectivity index (χ0) is 12.1. The van der Waals surface area contributed by atoms with Crippen molar-refractivity contribution in [2.45, 2.75) is 32.7 Å². The lowest BCUT2D eigenvalue weighted by atomic mass is 10.0. The molecule has 0 bridgehead atoms. The summed E-state index contributed by atoms with van der Waals surface area (Å²) < 4.78 is 4.81. The molecule has 0 aliphatic carbocycles. The molecule has 0 aliphatic heterocycles. The predicted molar refractivity (Wildman–Crippen MR) is 68.5 cm³/mol. The van der Waals surface area contributed by atoms with Crippen molar-refractivity contribution in [3.63, 3.8) is 0 Å². The van der Waals surface area contributed by atoms with Crippen LogP contribution in [0.3, 0.4) is 0 Å². The topological polar surface area (TPSA) is 72.5 Å². The van der Waals surface area contributed by atoms with E-state index in [1.165, 1.54) is 6.92 Å². The molecule has 0 heterocycles. The summed E-state index contributed by atoms with van der Waals surface area (Å²) in [6, 6.07) is 4.76. The Morgan fingerprint density at radius 1 is 1.53 bits per heavy atom. The Morgan fingerprint density at radius 3 is 2.65 bits per heavy atom. The molecule has 0 aliphatic rings. The van der Waals surface area contributed by atoms with Crippen LogP contribution in [0.15, 0.2) is 18.2 Å². The Balaban J connectivity index is 0.00000256. The molecule has 17 heavy (non-hydrogen) atoms. The van der Waals surface area contributed by atoms with Gasteiger partial charge < -0.3 is 15.6 Å². The van der Waals surface area contributed by atoms with Crippen LogP contribution in [-0.4, -0.2) is 11.1 Å². The highest BCUT2D eigenvalue weighted by Gasteiger charge is 2.10. The number of benzene rings is 1. The summed E-state index contributed by atoms with van der Waals surface area (Å²) in [7, 11) is 0. The molecule has 0 radical (unpaired) electrons. The number of phenols is 1. The first-order chi connectivity index (χ1) is 7.54. The molecule has 0 saturated heterocycles. The van der Waals surface area contributed by atoms with Crippen LogP contribution in [0.25, 0.3) is 0 Å². The Kier molecular flexibility index (Phi) is 6.61. The van der Waals surface area contributed by atoms with Crippen molar-refractivity contribution in [1.82, 2.24) is 0 Å². The molecule has 0 saturated carbocycles. The van der Waals surface area contributed by atoms with E-state index >= 15 is 0 Å². The highest BCUT2D eigenvalue weighted by Crippen LogP contribution is 2.29. The van der Waals surface area contributed by atoms with Gasteiger partial charge in [0.15, 0.2) is 11.5 Å². The number of halogens is 1. The molecule has 3 N–H and O–H groups in total. The lowest BCUT2D eigenvalue weighted by molar-refractivity contribution is -0.132. The van der Waals surface area contributed by atoms with Gasteiger partial charge in [0.05, 0.1) is 0 Å².